The molecule has 0 bridgehead atoms. The summed E-state index contributed by atoms with van der Waals surface area (Å²) in [5.41, 5.74) is 7.57. The fourth-order valence-corrected chi connectivity index (χ4v) is 3.91. The third-order valence-electron chi connectivity index (χ3n) is 4.95. The molecule has 1 aliphatic heterocycles. The fourth-order valence-electron chi connectivity index (χ4n) is 3.40. The molecule has 3 aromatic rings. The SMILES string of the molecule is CCc1c(NC2CCNC2)ncnc1-n1nc(Nc2ccc(S(N)(=O)=O)cc2)nc1N. The average molecular weight is 445 g/mol. The predicted molar refractivity (Wildman–Crippen MR) is 117 cm³/mol. The van der Waals surface area contributed by atoms with Crippen LogP contribution in [0.2, 0.25) is 0 Å². The quantitative estimate of drug-likeness (QED) is 0.342. The highest BCUT2D eigenvalue weighted by atomic mass is 32.2. The largest absolute Gasteiger partial charge is 0.368 e. The molecule has 1 aromatic carbocycles. The standard InChI is InChI=1S/C18H24N10O2S/c1-2-14-15(24-12-7-8-21-9-12)22-10-23-16(14)28-17(19)26-18(27-28)25-11-3-5-13(6-4-11)31(20,29)30/h3-6,10,12,21H,2,7-9H2,1H3,(H2,20,29,30)(H,22,23,24)(H3,19,25,26,27). The molecule has 1 unspecified atom stereocenters. The topological polar surface area (TPSA) is 179 Å². The molecule has 1 atom stereocenters. The second kappa shape index (κ2) is 8.45. The van der Waals surface area contributed by atoms with Gasteiger partial charge >= 0.3 is 0 Å². The molecule has 1 aliphatic rings. The van der Waals surface area contributed by atoms with Crippen LogP contribution in [0.25, 0.3) is 5.82 Å². The van der Waals surface area contributed by atoms with Crippen molar-refractivity contribution in [2.24, 2.45) is 5.14 Å². The van der Waals surface area contributed by atoms with Crippen molar-refractivity contribution in [3.8, 4) is 5.82 Å². The normalized spacial score (nSPS) is 16.4. The Kier molecular flexibility index (Phi) is 5.71. The van der Waals surface area contributed by atoms with E-state index in [1.54, 1.807) is 12.1 Å². The van der Waals surface area contributed by atoms with Crippen LogP contribution in [0.3, 0.4) is 0 Å². The van der Waals surface area contributed by atoms with Gasteiger partial charge in [0.15, 0.2) is 5.82 Å². The Labute approximate surface area is 179 Å². The molecule has 31 heavy (non-hydrogen) atoms. The molecular weight excluding hydrogens is 420 g/mol. The molecule has 1 fully saturated rings. The summed E-state index contributed by atoms with van der Waals surface area (Å²) in [6, 6.07) is 6.23. The van der Waals surface area contributed by atoms with Gasteiger partial charge in [0.1, 0.15) is 12.1 Å². The highest BCUT2D eigenvalue weighted by Crippen LogP contribution is 2.24. The van der Waals surface area contributed by atoms with Gasteiger partial charge in [0.25, 0.3) is 0 Å². The smallest absolute Gasteiger partial charge is 0.248 e. The lowest BCUT2D eigenvalue weighted by Gasteiger charge is -2.16. The third-order valence-corrected chi connectivity index (χ3v) is 5.88. The van der Waals surface area contributed by atoms with Gasteiger partial charge in [0, 0.05) is 23.8 Å². The van der Waals surface area contributed by atoms with Crippen LogP contribution < -0.4 is 26.8 Å². The number of nitrogens with two attached hydrogens (primary N) is 2. The van der Waals surface area contributed by atoms with Crippen molar-refractivity contribution in [2.75, 3.05) is 29.5 Å². The number of hydrogen-bond acceptors (Lipinski definition) is 10. The lowest BCUT2D eigenvalue weighted by Crippen LogP contribution is -2.24. The van der Waals surface area contributed by atoms with Gasteiger partial charge in [-0.1, -0.05) is 6.92 Å². The van der Waals surface area contributed by atoms with E-state index in [0.717, 1.165) is 30.9 Å². The number of aromatic nitrogens is 5. The van der Waals surface area contributed by atoms with Gasteiger partial charge in [-0.05, 0) is 43.7 Å². The van der Waals surface area contributed by atoms with E-state index in [-0.39, 0.29) is 16.8 Å². The lowest BCUT2D eigenvalue weighted by molar-refractivity contribution is 0.598. The van der Waals surface area contributed by atoms with E-state index >= 15 is 0 Å². The number of rotatable bonds is 7. The van der Waals surface area contributed by atoms with Gasteiger partial charge in [0.05, 0.1) is 4.90 Å². The second-order valence-electron chi connectivity index (χ2n) is 7.11. The van der Waals surface area contributed by atoms with E-state index < -0.39 is 10.0 Å². The lowest BCUT2D eigenvalue weighted by atomic mass is 10.2. The van der Waals surface area contributed by atoms with E-state index in [1.165, 1.54) is 23.1 Å². The molecule has 7 N–H and O–H groups in total. The Hall–Kier alpha value is -3.29. The Morgan fingerprint density at radius 3 is 2.68 bits per heavy atom. The highest BCUT2D eigenvalue weighted by Gasteiger charge is 2.20. The summed E-state index contributed by atoms with van der Waals surface area (Å²) in [6.45, 7) is 3.87. The number of benzene rings is 1. The maximum absolute atomic E-state index is 11.4. The predicted octanol–water partition coefficient (Wildman–Crippen LogP) is 0.367. The van der Waals surface area contributed by atoms with Crippen LogP contribution >= 0.6 is 0 Å². The first-order valence-electron chi connectivity index (χ1n) is 9.79. The Bertz CT molecular complexity index is 1170. The van der Waals surface area contributed by atoms with E-state index in [4.69, 9.17) is 10.9 Å². The van der Waals surface area contributed by atoms with E-state index in [0.29, 0.717) is 24.0 Å². The second-order valence-corrected chi connectivity index (χ2v) is 8.67. The number of sulfonamides is 1. The Morgan fingerprint density at radius 1 is 1.26 bits per heavy atom. The Morgan fingerprint density at radius 2 is 2.03 bits per heavy atom. The molecule has 3 heterocycles. The summed E-state index contributed by atoms with van der Waals surface area (Å²) in [5.74, 6) is 1.71. The van der Waals surface area contributed by atoms with E-state index in [2.05, 4.69) is 36.0 Å². The minimum Gasteiger partial charge on any atom is -0.368 e. The maximum atomic E-state index is 11.4. The molecule has 0 radical (unpaired) electrons. The van der Waals surface area contributed by atoms with Crippen molar-refractivity contribution in [3.63, 3.8) is 0 Å². The molecule has 12 nitrogen and oxygen atoms in total. The molecule has 13 heteroatoms. The third kappa shape index (κ3) is 4.57. The number of nitrogen functional groups attached to an aromatic ring is 1. The molecule has 0 amide bonds. The van der Waals surface area contributed by atoms with Crippen molar-refractivity contribution in [1.29, 1.82) is 0 Å². The maximum Gasteiger partial charge on any atom is 0.248 e. The van der Waals surface area contributed by atoms with Crippen molar-refractivity contribution in [1.82, 2.24) is 30.0 Å². The first-order valence-corrected chi connectivity index (χ1v) is 11.3. The monoisotopic (exact) mass is 444 g/mol. The molecule has 4 rings (SSSR count). The van der Waals surface area contributed by atoms with E-state index in [9.17, 15) is 8.42 Å². The van der Waals surface area contributed by atoms with Crippen LogP contribution in [0.1, 0.15) is 18.9 Å². The number of hydrogen-bond donors (Lipinski definition) is 5. The molecule has 0 aliphatic carbocycles. The summed E-state index contributed by atoms with van der Waals surface area (Å²) in [5, 5.41) is 19.3. The molecular formula is C18H24N10O2S. The molecule has 0 saturated carbocycles. The van der Waals surface area contributed by atoms with Crippen molar-refractivity contribution < 1.29 is 8.42 Å². The van der Waals surface area contributed by atoms with Gasteiger partial charge in [-0.3, -0.25) is 0 Å². The Balaban J connectivity index is 1.60. The van der Waals surface area contributed by atoms with Gasteiger partial charge in [-0.15, -0.1) is 5.10 Å². The van der Waals surface area contributed by atoms with E-state index in [1.807, 2.05) is 6.92 Å². The van der Waals surface area contributed by atoms with Crippen LogP contribution in [0.4, 0.5) is 23.4 Å². The number of primary sulfonamides is 1. The fraction of sp³-hybridized carbons (Fsp3) is 0.333. The minimum atomic E-state index is -3.76. The summed E-state index contributed by atoms with van der Waals surface area (Å²) in [6.07, 6.45) is 3.17. The summed E-state index contributed by atoms with van der Waals surface area (Å²) >= 11 is 0. The number of nitrogens with one attached hydrogen (secondary N) is 3. The number of nitrogens with zero attached hydrogens (tertiary/aromatic N) is 5. The zero-order valence-electron chi connectivity index (χ0n) is 16.9. The number of anilines is 4. The molecule has 2 aromatic heterocycles. The van der Waals surface area contributed by atoms with Crippen LogP contribution in [-0.2, 0) is 16.4 Å². The van der Waals surface area contributed by atoms with Gasteiger partial charge < -0.3 is 21.7 Å². The first-order chi connectivity index (χ1) is 14.8. The zero-order valence-corrected chi connectivity index (χ0v) is 17.7. The van der Waals surface area contributed by atoms with Crippen LogP contribution in [0.5, 0.6) is 0 Å². The van der Waals surface area contributed by atoms with Gasteiger partial charge in [-0.25, -0.2) is 23.5 Å². The van der Waals surface area contributed by atoms with Crippen molar-refractivity contribution in [2.45, 2.75) is 30.7 Å². The van der Waals surface area contributed by atoms with Crippen LogP contribution in [0, 0.1) is 0 Å². The van der Waals surface area contributed by atoms with Gasteiger partial charge in [-0.2, -0.15) is 9.67 Å². The highest BCUT2D eigenvalue weighted by molar-refractivity contribution is 7.89. The zero-order chi connectivity index (χ0) is 22.0. The summed E-state index contributed by atoms with van der Waals surface area (Å²) < 4.78 is 24.3. The molecule has 1 saturated heterocycles. The average Bonchev–Trinajstić information content (AvgIpc) is 3.37. The van der Waals surface area contributed by atoms with Crippen LogP contribution in [-0.4, -0.2) is 52.3 Å². The molecule has 0 spiro atoms. The molecule has 164 valence electrons. The first kappa shape index (κ1) is 21.0. The summed E-state index contributed by atoms with van der Waals surface area (Å²) in [4.78, 5) is 13.0. The summed E-state index contributed by atoms with van der Waals surface area (Å²) in [7, 11) is -3.76. The van der Waals surface area contributed by atoms with Crippen LogP contribution in [0.15, 0.2) is 35.5 Å². The van der Waals surface area contributed by atoms with Gasteiger partial charge in [0.2, 0.25) is 21.9 Å². The van der Waals surface area contributed by atoms with Crippen molar-refractivity contribution >= 4 is 33.4 Å². The van der Waals surface area contributed by atoms with Crippen molar-refractivity contribution in [3.05, 3.63) is 36.2 Å². The minimum absolute atomic E-state index is 0.0158.